The second kappa shape index (κ2) is 9.40. The largest absolute Gasteiger partial charge is 0.357 e. The van der Waals surface area contributed by atoms with Crippen molar-refractivity contribution in [2.24, 2.45) is 4.99 Å². The Labute approximate surface area is 142 Å². The number of hydrogen-bond donors (Lipinski definition) is 2. The van der Waals surface area contributed by atoms with E-state index in [-0.39, 0.29) is 0 Å². The third-order valence-electron chi connectivity index (χ3n) is 3.95. The molecule has 2 atom stereocenters. The van der Waals surface area contributed by atoms with E-state index >= 15 is 0 Å². The van der Waals surface area contributed by atoms with Gasteiger partial charge in [-0.3, -0.25) is 0 Å². The molecule has 0 spiro atoms. The van der Waals surface area contributed by atoms with Crippen molar-refractivity contribution in [1.29, 1.82) is 0 Å². The van der Waals surface area contributed by atoms with Gasteiger partial charge in [0.05, 0.1) is 17.2 Å². The maximum Gasteiger partial charge on any atom is 0.191 e. The fraction of sp³-hybridized carbons (Fsp3) is 0.750. The Morgan fingerprint density at radius 3 is 3.00 bits per heavy atom. The first-order valence-corrected chi connectivity index (χ1v) is 10.4. The second-order valence-corrected chi connectivity index (χ2v) is 7.73. The quantitative estimate of drug-likeness (QED) is 0.615. The van der Waals surface area contributed by atoms with E-state index in [2.05, 4.69) is 41.1 Å². The zero-order valence-electron chi connectivity index (χ0n) is 13.9. The van der Waals surface area contributed by atoms with Crippen LogP contribution in [0.1, 0.15) is 50.2 Å². The van der Waals surface area contributed by atoms with Crippen molar-refractivity contribution < 1.29 is 0 Å². The fourth-order valence-electron chi connectivity index (χ4n) is 2.75. The average molecular weight is 341 g/mol. The van der Waals surface area contributed by atoms with Crippen molar-refractivity contribution >= 4 is 29.1 Å². The lowest BCUT2D eigenvalue weighted by Gasteiger charge is -2.29. The van der Waals surface area contributed by atoms with Gasteiger partial charge in [0.15, 0.2) is 5.96 Å². The number of thiazole rings is 1. The molecule has 0 bridgehead atoms. The van der Waals surface area contributed by atoms with Crippen LogP contribution in [0.4, 0.5) is 0 Å². The maximum atomic E-state index is 4.71. The second-order valence-electron chi connectivity index (χ2n) is 5.65. The lowest BCUT2D eigenvalue weighted by atomic mass is 9.95. The predicted molar refractivity (Wildman–Crippen MR) is 99.0 cm³/mol. The molecule has 124 valence electrons. The molecule has 2 unspecified atom stereocenters. The molecule has 1 saturated carbocycles. The smallest absolute Gasteiger partial charge is 0.191 e. The average Bonchev–Trinajstić information content (AvgIpc) is 3.01. The standard InChI is InChI=1S/C16H28N4S2/c1-4-15-19-13(11-22-15)10-18-16(17-5-2)20-12-7-6-8-14(9-12)21-3/h11-12,14H,4-10H2,1-3H3,(H2,17,18,20). The topological polar surface area (TPSA) is 49.3 Å². The van der Waals surface area contributed by atoms with Gasteiger partial charge in [-0.1, -0.05) is 13.3 Å². The van der Waals surface area contributed by atoms with E-state index in [1.807, 2.05) is 11.8 Å². The molecule has 0 aliphatic heterocycles. The van der Waals surface area contributed by atoms with Crippen LogP contribution in [-0.2, 0) is 13.0 Å². The molecule has 1 aromatic rings. The molecule has 1 aromatic heterocycles. The highest BCUT2D eigenvalue weighted by atomic mass is 32.2. The van der Waals surface area contributed by atoms with E-state index in [0.29, 0.717) is 12.6 Å². The predicted octanol–water partition coefficient (Wildman–Crippen LogP) is 3.43. The summed E-state index contributed by atoms with van der Waals surface area (Å²) in [7, 11) is 0. The Morgan fingerprint density at radius 1 is 1.45 bits per heavy atom. The summed E-state index contributed by atoms with van der Waals surface area (Å²) < 4.78 is 0. The Morgan fingerprint density at radius 2 is 2.32 bits per heavy atom. The molecule has 2 N–H and O–H groups in total. The summed E-state index contributed by atoms with van der Waals surface area (Å²) in [5.74, 6) is 0.931. The van der Waals surface area contributed by atoms with Gasteiger partial charge < -0.3 is 10.6 Å². The van der Waals surface area contributed by atoms with Crippen LogP contribution < -0.4 is 10.6 Å². The zero-order chi connectivity index (χ0) is 15.8. The Kier molecular flexibility index (Phi) is 7.52. The normalized spacial score (nSPS) is 22.6. The van der Waals surface area contributed by atoms with E-state index < -0.39 is 0 Å². The first-order chi connectivity index (χ1) is 10.7. The molecule has 1 aliphatic rings. The molecule has 0 radical (unpaired) electrons. The Bertz CT molecular complexity index is 472. The molecule has 0 amide bonds. The molecule has 22 heavy (non-hydrogen) atoms. The number of thioether (sulfide) groups is 1. The number of hydrogen-bond acceptors (Lipinski definition) is 4. The molecule has 1 fully saturated rings. The molecule has 6 heteroatoms. The highest BCUT2D eigenvalue weighted by Gasteiger charge is 2.21. The Balaban J connectivity index is 1.91. The van der Waals surface area contributed by atoms with Crippen LogP contribution >= 0.6 is 23.1 Å². The first kappa shape index (κ1) is 17.6. The van der Waals surface area contributed by atoms with E-state index in [1.165, 1.54) is 30.7 Å². The van der Waals surface area contributed by atoms with Crippen molar-refractivity contribution in [2.75, 3.05) is 12.8 Å². The number of aromatic nitrogens is 1. The lowest BCUT2D eigenvalue weighted by molar-refractivity contribution is 0.419. The number of nitrogens with one attached hydrogen (secondary N) is 2. The molecule has 1 heterocycles. The van der Waals surface area contributed by atoms with Crippen LogP contribution in [0.2, 0.25) is 0 Å². The van der Waals surface area contributed by atoms with E-state index in [9.17, 15) is 0 Å². The fourth-order valence-corrected chi connectivity index (χ4v) is 4.31. The van der Waals surface area contributed by atoms with E-state index in [1.54, 1.807) is 11.3 Å². The van der Waals surface area contributed by atoms with Gasteiger partial charge in [0.25, 0.3) is 0 Å². The molecular weight excluding hydrogens is 312 g/mol. The summed E-state index contributed by atoms with van der Waals surface area (Å²) in [4.78, 5) is 9.29. The first-order valence-electron chi connectivity index (χ1n) is 8.26. The van der Waals surface area contributed by atoms with Crippen molar-refractivity contribution in [3.05, 3.63) is 16.1 Å². The van der Waals surface area contributed by atoms with Crippen molar-refractivity contribution in [1.82, 2.24) is 15.6 Å². The highest BCUT2D eigenvalue weighted by molar-refractivity contribution is 7.99. The molecule has 0 saturated heterocycles. The van der Waals surface area contributed by atoms with Crippen LogP contribution in [0.5, 0.6) is 0 Å². The molecule has 1 aliphatic carbocycles. The van der Waals surface area contributed by atoms with Crippen LogP contribution in [0.15, 0.2) is 10.4 Å². The van der Waals surface area contributed by atoms with Gasteiger partial charge in [-0.05, 0) is 38.9 Å². The summed E-state index contributed by atoms with van der Waals surface area (Å²) in [6.45, 7) is 5.80. The van der Waals surface area contributed by atoms with Gasteiger partial charge >= 0.3 is 0 Å². The van der Waals surface area contributed by atoms with Gasteiger partial charge in [-0.25, -0.2) is 9.98 Å². The molecule has 0 aromatic carbocycles. The van der Waals surface area contributed by atoms with E-state index in [0.717, 1.165) is 29.9 Å². The molecule has 4 nitrogen and oxygen atoms in total. The van der Waals surface area contributed by atoms with Crippen LogP contribution in [0, 0.1) is 0 Å². The minimum atomic E-state index is 0.547. The van der Waals surface area contributed by atoms with Gasteiger partial charge in [-0.15, -0.1) is 11.3 Å². The number of nitrogens with zero attached hydrogens (tertiary/aromatic N) is 2. The molecular formula is C16H28N4S2. The summed E-state index contributed by atoms with van der Waals surface area (Å²) in [6.07, 6.45) is 8.38. The van der Waals surface area contributed by atoms with Gasteiger partial charge in [0.1, 0.15) is 0 Å². The van der Waals surface area contributed by atoms with Gasteiger partial charge in [0.2, 0.25) is 0 Å². The van der Waals surface area contributed by atoms with Crippen molar-refractivity contribution in [3.63, 3.8) is 0 Å². The maximum absolute atomic E-state index is 4.71. The van der Waals surface area contributed by atoms with E-state index in [4.69, 9.17) is 4.99 Å². The minimum absolute atomic E-state index is 0.547. The number of aryl methyl sites for hydroxylation is 1. The summed E-state index contributed by atoms with van der Waals surface area (Å²) >= 11 is 3.73. The van der Waals surface area contributed by atoms with Crippen molar-refractivity contribution in [3.8, 4) is 0 Å². The number of aliphatic imine (C=N–C) groups is 1. The van der Waals surface area contributed by atoms with Crippen LogP contribution in [-0.4, -0.2) is 35.0 Å². The lowest BCUT2D eigenvalue weighted by Crippen LogP contribution is -2.45. The third kappa shape index (κ3) is 5.47. The monoisotopic (exact) mass is 340 g/mol. The SMILES string of the molecule is CCNC(=NCc1csc(CC)n1)NC1CCCC(SC)C1. The van der Waals surface area contributed by atoms with Crippen molar-refractivity contribution in [2.45, 2.75) is 63.8 Å². The van der Waals surface area contributed by atoms with Gasteiger partial charge in [-0.2, -0.15) is 11.8 Å². The third-order valence-corrected chi connectivity index (χ3v) is 6.08. The summed E-state index contributed by atoms with van der Waals surface area (Å²) in [6, 6.07) is 0.547. The zero-order valence-corrected chi connectivity index (χ0v) is 15.5. The minimum Gasteiger partial charge on any atom is -0.357 e. The van der Waals surface area contributed by atoms with Gasteiger partial charge in [0, 0.05) is 23.2 Å². The number of rotatable bonds is 6. The summed E-state index contributed by atoms with van der Waals surface area (Å²) in [5.41, 5.74) is 1.07. The Hall–Kier alpha value is -0.750. The molecule has 2 rings (SSSR count). The van der Waals surface area contributed by atoms with Crippen LogP contribution in [0.3, 0.4) is 0 Å². The number of guanidine groups is 1. The summed E-state index contributed by atoms with van der Waals surface area (Å²) in [5, 5.41) is 11.1. The van der Waals surface area contributed by atoms with Crippen LogP contribution in [0.25, 0.3) is 0 Å². The highest BCUT2D eigenvalue weighted by Crippen LogP contribution is 2.26.